The Balaban J connectivity index is 1.16. The summed E-state index contributed by atoms with van der Waals surface area (Å²) in [6.07, 6.45) is 18.3. The Labute approximate surface area is 432 Å². The maximum Gasteiger partial charge on any atom is 0.167 e. The van der Waals surface area contributed by atoms with Gasteiger partial charge in [-0.05, 0) is 122 Å². The molecule has 8 N–H and O–H groups in total. The molecule has 0 saturated carbocycles. The summed E-state index contributed by atoms with van der Waals surface area (Å²) in [6.45, 7) is 8.90. The molecule has 70 heavy (non-hydrogen) atoms. The van der Waals surface area contributed by atoms with E-state index in [1.807, 2.05) is 48.5 Å². The number of rotatable bonds is 24. The van der Waals surface area contributed by atoms with Gasteiger partial charge in [-0.2, -0.15) is 0 Å². The normalized spacial score (nSPS) is 12.9. The Morgan fingerprint density at radius 1 is 0.300 bits per heavy atom. The molecule has 2 heterocycles. The van der Waals surface area contributed by atoms with Crippen molar-refractivity contribution in [3.8, 4) is 46.0 Å². The molecule has 6 aromatic rings. The summed E-state index contributed by atoms with van der Waals surface area (Å²) in [5, 5.41) is 0. The maximum absolute atomic E-state index is 6.99. The van der Waals surface area contributed by atoms with E-state index in [1.54, 1.807) is 47.0 Å². The number of nitrogen functional groups attached to an aromatic ring is 4. The van der Waals surface area contributed by atoms with Crippen molar-refractivity contribution in [1.29, 1.82) is 0 Å². The van der Waals surface area contributed by atoms with E-state index in [9.17, 15) is 0 Å². The van der Waals surface area contributed by atoms with E-state index in [1.165, 1.54) is 73.6 Å². The van der Waals surface area contributed by atoms with Crippen molar-refractivity contribution >= 4 is 69.8 Å². The molecule has 0 unspecified atom stereocenters. The van der Waals surface area contributed by atoms with Crippen LogP contribution in [0.15, 0.2) is 125 Å². The number of hydrogen-bond acceptors (Lipinski definition) is 12. The molecule has 0 radical (unpaired) electrons. The summed E-state index contributed by atoms with van der Waals surface area (Å²) in [6, 6.07) is 33.2. The quantitative estimate of drug-likeness (QED) is 0.0339. The lowest BCUT2D eigenvalue weighted by molar-refractivity contribution is 0.451. The smallest absolute Gasteiger partial charge is 0.167 e. The van der Waals surface area contributed by atoms with Gasteiger partial charge in [-0.25, -0.2) is 0 Å². The highest BCUT2D eigenvalue weighted by Crippen LogP contribution is 2.70. The van der Waals surface area contributed by atoms with Crippen molar-refractivity contribution in [3.05, 3.63) is 128 Å². The number of aryl methyl sites for hydroxylation is 4. The molecule has 2 aliphatic heterocycles. The molecule has 0 amide bonds. The van der Waals surface area contributed by atoms with Crippen molar-refractivity contribution < 1.29 is 18.9 Å². The molecular weight excluding hydrogens is 945 g/mol. The van der Waals surface area contributed by atoms with Crippen LogP contribution in [0.5, 0.6) is 46.0 Å². The summed E-state index contributed by atoms with van der Waals surface area (Å²) in [5.74, 6) is 4.73. The lowest BCUT2D eigenvalue weighted by Gasteiger charge is -2.19. The second kappa shape index (κ2) is 24.8. The van der Waals surface area contributed by atoms with Gasteiger partial charge >= 0.3 is 0 Å². The summed E-state index contributed by atoms with van der Waals surface area (Å²) in [4.78, 5) is 3.33. The van der Waals surface area contributed by atoms with Gasteiger partial charge in [0, 0.05) is 0 Å². The fraction of sp³-hybridized carbons (Fsp3) is 0.345. The number of unbranched alkanes of at least 4 members (excludes halogenated alkanes) is 8. The summed E-state index contributed by atoms with van der Waals surface area (Å²) in [7, 11) is 0. The molecule has 0 atom stereocenters. The molecular formula is C58H68N4O4S4. The standard InChI is InChI=1S/C58H68N4O4S4/c1-5-9-13-17-37-21-29-41(30-22-37)63-49-45(59)46(60)50(64-42-31-23-38(24-32-42)18-14-10-6-2)54-53(49)67-57(68-54)58-69-55-51(65-43-33-25-39(26-34-43)19-15-11-7-3)47(61)48(62)52(56(55)70-58)66-44-35-27-40(28-36-44)20-16-12-8-4/h21-36H,5-20,59-62H2,1-4H3. The highest BCUT2D eigenvalue weighted by atomic mass is 32.2. The number of ether oxygens (including phenoxy) is 4. The first kappa shape index (κ1) is 51.2. The summed E-state index contributed by atoms with van der Waals surface area (Å²) in [5.41, 5.74) is 34.4. The molecule has 0 aliphatic carbocycles. The van der Waals surface area contributed by atoms with Crippen molar-refractivity contribution in [2.24, 2.45) is 0 Å². The lowest BCUT2D eigenvalue weighted by atomic mass is 10.1. The monoisotopic (exact) mass is 1010 g/mol. The zero-order valence-electron chi connectivity index (χ0n) is 41.1. The molecule has 2 aliphatic rings. The average molecular weight is 1010 g/mol. The van der Waals surface area contributed by atoms with Crippen LogP contribution in [0.1, 0.15) is 127 Å². The Bertz CT molecular complexity index is 2370. The summed E-state index contributed by atoms with van der Waals surface area (Å²) < 4.78 is 28.9. The van der Waals surface area contributed by atoms with Gasteiger partial charge < -0.3 is 41.9 Å². The molecule has 0 spiro atoms. The third kappa shape index (κ3) is 12.5. The second-order valence-electron chi connectivity index (χ2n) is 18.1. The average Bonchev–Trinajstić information content (AvgIpc) is 4.03. The number of fused-ring (bicyclic) bond motifs is 2. The molecule has 0 bridgehead atoms. The zero-order valence-corrected chi connectivity index (χ0v) is 44.4. The third-order valence-electron chi connectivity index (χ3n) is 12.6. The van der Waals surface area contributed by atoms with Crippen LogP contribution in [0.25, 0.3) is 0 Å². The number of benzene rings is 6. The van der Waals surface area contributed by atoms with E-state index in [0.29, 0.717) is 68.7 Å². The Morgan fingerprint density at radius 2 is 0.500 bits per heavy atom. The molecule has 8 nitrogen and oxygen atoms in total. The Kier molecular flexibility index (Phi) is 18.2. The van der Waals surface area contributed by atoms with Crippen LogP contribution in [0.2, 0.25) is 0 Å². The minimum absolute atomic E-state index is 0.325. The van der Waals surface area contributed by atoms with Crippen molar-refractivity contribution in [2.45, 2.75) is 150 Å². The molecule has 0 fully saturated rings. The van der Waals surface area contributed by atoms with E-state index < -0.39 is 0 Å². The van der Waals surface area contributed by atoms with E-state index in [4.69, 9.17) is 41.9 Å². The molecule has 12 heteroatoms. The largest absolute Gasteiger partial charge is 0.454 e. The molecule has 368 valence electrons. The SMILES string of the molecule is CCCCCc1ccc(Oc2c(N)c(N)c(Oc3ccc(CCCCC)cc3)c3c2SC(=C2Sc4c(Oc5ccc(CCCCC)cc5)c(N)c(N)c(Oc5ccc(CCCCC)cc5)c4S2)S3)cc1. The van der Waals surface area contributed by atoms with Gasteiger partial charge in [0.15, 0.2) is 23.0 Å². The van der Waals surface area contributed by atoms with Crippen LogP contribution >= 0.6 is 47.0 Å². The van der Waals surface area contributed by atoms with Gasteiger partial charge in [0.25, 0.3) is 0 Å². The second-order valence-corrected chi connectivity index (χ2v) is 22.7. The molecule has 8 rings (SSSR count). The van der Waals surface area contributed by atoms with Crippen LogP contribution in [0.4, 0.5) is 22.7 Å². The van der Waals surface area contributed by atoms with Crippen LogP contribution < -0.4 is 41.9 Å². The van der Waals surface area contributed by atoms with Crippen molar-refractivity contribution in [2.75, 3.05) is 22.9 Å². The van der Waals surface area contributed by atoms with Gasteiger partial charge in [-0.15, -0.1) is 0 Å². The van der Waals surface area contributed by atoms with E-state index in [0.717, 1.165) is 79.4 Å². The Hall–Kier alpha value is -5.14. The highest BCUT2D eigenvalue weighted by molar-refractivity contribution is 8.30. The number of nitrogens with two attached hydrogens (primary N) is 4. The predicted octanol–water partition coefficient (Wildman–Crippen LogP) is 18.3. The Morgan fingerprint density at radius 3 is 0.686 bits per heavy atom. The first-order valence-electron chi connectivity index (χ1n) is 25.2. The first-order chi connectivity index (χ1) is 34.2. The van der Waals surface area contributed by atoms with Gasteiger partial charge in [-0.3, -0.25) is 0 Å². The van der Waals surface area contributed by atoms with Gasteiger partial charge in [0.05, 0.1) is 28.1 Å². The summed E-state index contributed by atoms with van der Waals surface area (Å²) >= 11 is 6.37. The fourth-order valence-corrected chi connectivity index (χ4v) is 14.1. The predicted molar refractivity (Wildman–Crippen MR) is 300 cm³/mol. The highest BCUT2D eigenvalue weighted by Gasteiger charge is 2.38. The minimum Gasteiger partial charge on any atom is -0.454 e. The third-order valence-corrected chi connectivity index (χ3v) is 18.3. The minimum atomic E-state index is 0.325. The van der Waals surface area contributed by atoms with Crippen LogP contribution in [-0.4, -0.2) is 0 Å². The van der Waals surface area contributed by atoms with Crippen molar-refractivity contribution in [3.63, 3.8) is 0 Å². The number of anilines is 4. The molecule has 0 aromatic heterocycles. The van der Waals surface area contributed by atoms with Crippen LogP contribution in [0.3, 0.4) is 0 Å². The van der Waals surface area contributed by atoms with Gasteiger partial charge in [0.2, 0.25) is 0 Å². The van der Waals surface area contributed by atoms with Crippen molar-refractivity contribution in [1.82, 2.24) is 0 Å². The van der Waals surface area contributed by atoms with Gasteiger partial charge in [0.1, 0.15) is 45.7 Å². The number of thioether (sulfide) groups is 4. The number of hydrogen-bond donors (Lipinski definition) is 4. The maximum atomic E-state index is 6.99. The lowest BCUT2D eigenvalue weighted by Crippen LogP contribution is -2.03. The molecule has 0 saturated heterocycles. The van der Waals surface area contributed by atoms with Gasteiger partial charge in [-0.1, -0.05) is 175 Å². The van der Waals surface area contributed by atoms with Crippen LogP contribution in [0, 0.1) is 0 Å². The first-order valence-corrected chi connectivity index (χ1v) is 28.5. The fourth-order valence-electron chi connectivity index (χ4n) is 8.43. The van der Waals surface area contributed by atoms with Crippen LogP contribution in [-0.2, 0) is 25.7 Å². The topological polar surface area (TPSA) is 141 Å². The van der Waals surface area contributed by atoms with E-state index >= 15 is 0 Å². The van der Waals surface area contributed by atoms with E-state index in [-0.39, 0.29) is 0 Å². The van der Waals surface area contributed by atoms with E-state index in [2.05, 4.69) is 76.2 Å². The zero-order chi connectivity index (χ0) is 49.0. The molecule has 6 aromatic carbocycles.